The van der Waals surface area contributed by atoms with Crippen LogP contribution in [0.3, 0.4) is 0 Å². The molecule has 0 aromatic heterocycles. The minimum atomic E-state index is -1.19. The molecule has 0 heterocycles. The van der Waals surface area contributed by atoms with Gasteiger partial charge < -0.3 is 20.4 Å². The van der Waals surface area contributed by atoms with Gasteiger partial charge in [-0.1, -0.05) is 6.08 Å². The largest absolute Gasteiger partial charge is 0.504 e. The molecule has 0 saturated heterocycles. The zero-order valence-corrected chi connectivity index (χ0v) is 6.77. The van der Waals surface area contributed by atoms with Crippen LogP contribution in [0.1, 0.15) is 6.92 Å². The molecule has 70 valence electrons. The van der Waals surface area contributed by atoms with Gasteiger partial charge in [-0.05, 0) is 6.92 Å². The lowest BCUT2D eigenvalue weighted by Gasteiger charge is -2.13. The summed E-state index contributed by atoms with van der Waals surface area (Å²) in [6.07, 6.45) is 1.25. The Morgan fingerprint density at radius 3 is 1.62 bits per heavy atom. The summed E-state index contributed by atoms with van der Waals surface area (Å²) in [5.74, 6) is -4.60. The van der Waals surface area contributed by atoms with Crippen LogP contribution >= 0.6 is 0 Å². The Hall–Kier alpha value is -1.91. The highest BCUT2D eigenvalue weighted by Gasteiger charge is 2.31. The van der Waals surface area contributed by atoms with Gasteiger partial charge in [-0.2, -0.15) is 0 Å². The van der Waals surface area contributed by atoms with Crippen LogP contribution in [0.2, 0.25) is 0 Å². The maximum Gasteiger partial charge on any atom is 0.269 e. The van der Waals surface area contributed by atoms with Crippen LogP contribution in [0.5, 0.6) is 0 Å². The Kier molecular flexibility index (Phi) is 2.02. The number of ketones is 1. The van der Waals surface area contributed by atoms with Gasteiger partial charge in [-0.3, -0.25) is 4.79 Å². The van der Waals surface area contributed by atoms with Crippen molar-refractivity contribution in [2.45, 2.75) is 6.92 Å². The van der Waals surface area contributed by atoms with Crippen LogP contribution in [-0.4, -0.2) is 26.2 Å². The van der Waals surface area contributed by atoms with E-state index in [2.05, 4.69) is 0 Å². The minimum Gasteiger partial charge on any atom is -0.504 e. The highest BCUT2D eigenvalue weighted by atomic mass is 16.3. The van der Waals surface area contributed by atoms with Crippen molar-refractivity contribution in [3.05, 3.63) is 34.7 Å². The molecule has 5 heteroatoms. The van der Waals surface area contributed by atoms with Gasteiger partial charge in [0.05, 0.1) is 5.57 Å². The van der Waals surface area contributed by atoms with E-state index in [0.29, 0.717) is 0 Å². The molecule has 0 atom stereocenters. The molecule has 5 nitrogen and oxygen atoms in total. The molecule has 0 bridgehead atoms. The molecule has 0 aromatic rings. The van der Waals surface area contributed by atoms with Crippen LogP contribution in [0.4, 0.5) is 0 Å². The normalized spacial score (nSPS) is 18.2. The molecular weight excluding hydrogens is 176 g/mol. The number of hydrogen-bond donors (Lipinski definition) is 4. The van der Waals surface area contributed by atoms with E-state index in [0.717, 1.165) is 0 Å². The van der Waals surface area contributed by atoms with Crippen LogP contribution < -0.4 is 0 Å². The Labute approximate surface area is 73.6 Å². The number of aliphatic hydroxyl groups is 4. The minimum absolute atomic E-state index is 0.172. The maximum absolute atomic E-state index is 10.8. The standard InChI is InChI=1S/C8H8O5/c1-2-3-4(9)6(11)8(13)7(12)5(3)10/h2,9-12H,1H3. The predicted octanol–water partition coefficient (Wildman–Crippen LogP) is 1.17. The summed E-state index contributed by atoms with van der Waals surface area (Å²) < 4.78 is 0. The van der Waals surface area contributed by atoms with Crippen molar-refractivity contribution in [3.63, 3.8) is 0 Å². The second kappa shape index (κ2) is 2.85. The van der Waals surface area contributed by atoms with Crippen LogP contribution in [0.15, 0.2) is 34.7 Å². The zero-order valence-electron chi connectivity index (χ0n) is 6.77. The zero-order chi connectivity index (χ0) is 10.2. The fraction of sp³-hybridized carbons (Fsp3) is 0.125. The number of hydrogen-bond acceptors (Lipinski definition) is 5. The van der Waals surface area contributed by atoms with Gasteiger partial charge in [0, 0.05) is 0 Å². The highest BCUT2D eigenvalue weighted by Crippen LogP contribution is 2.26. The number of aliphatic hydroxyl groups excluding tert-OH is 4. The van der Waals surface area contributed by atoms with Gasteiger partial charge in [-0.15, -0.1) is 0 Å². The number of allylic oxidation sites excluding steroid dienone is 1. The fourth-order valence-electron chi connectivity index (χ4n) is 0.968. The first kappa shape index (κ1) is 9.18. The number of rotatable bonds is 0. The molecule has 1 aliphatic rings. The summed E-state index contributed by atoms with van der Waals surface area (Å²) in [5.41, 5.74) is -0.172. The Bertz CT molecular complexity index is 329. The van der Waals surface area contributed by atoms with Crippen LogP contribution in [0.25, 0.3) is 0 Å². The molecule has 0 amide bonds. The first-order valence-corrected chi connectivity index (χ1v) is 3.46. The molecule has 4 N–H and O–H groups in total. The summed E-state index contributed by atoms with van der Waals surface area (Å²) in [7, 11) is 0. The fourth-order valence-corrected chi connectivity index (χ4v) is 0.968. The molecule has 0 radical (unpaired) electrons. The van der Waals surface area contributed by atoms with Crippen molar-refractivity contribution >= 4 is 5.78 Å². The lowest BCUT2D eigenvalue weighted by Crippen LogP contribution is -2.18. The van der Waals surface area contributed by atoms with Crippen molar-refractivity contribution < 1.29 is 25.2 Å². The van der Waals surface area contributed by atoms with Crippen molar-refractivity contribution in [3.8, 4) is 0 Å². The van der Waals surface area contributed by atoms with Gasteiger partial charge in [0.2, 0.25) is 11.5 Å². The quantitative estimate of drug-likeness (QED) is 0.453. The summed E-state index contributed by atoms with van der Waals surface area (Å²) in [6.45, 7) is 1.47. The third kappa shape index (κ3) is 1.14. The van der Waals surface area contributed by atoms with E-state index in [9.17, 15) is 4.79 Å². The van der Waals surface area contributed by atoms with Gasteiger partial charge in [0.25, 0.3) is 5.78 Å². The third-order valence-electron chi connectivity index (χ3n) is 1.68. The average molecular weight is 184 g/mol. The number of carbonyl (C=O) groups excluding carboxylic acids is 1. The molecule has 1 aliphatic carbocycles. The topological polar surface area (TPSA) is 98.0 Å². The van der Waals surface area contributed by atoms with E-state index in [1.54, 1.807) is 0 Å². The molecule has 1 rings (SSSR count). The van der Waals surface area contributed by atoms with Crippen LogP contribution in [-0.2, 0) is 4.79 Å². The molecule has 0 saturated carbocycles. The van der Waals surface area contributed by atoms with Gasteiger partial charge in [0.15, 0.2) is 11.5 Å². The van der Waals surface area contributed by atoms with Gasteiger partial charge in [0.1, 0.15) is 0 Å². The van der Waals surface area contributed by atoms with Gasteiger partial charge in [-0.25, -0.2) is 0 Å². The summed E-state index contributed by atoms with van der Waals surface area (Å²) in [4.78, 5) is 10.8. The van der Waals surface area contributed by atoms with Crippen molar-refractivity contribution in [2.75, 3.05) is 0 Å². The third-order valence-corrected chi connectivity index (χ3v) is 1.68. The second-order valence-corrected chi connectivity index (χ2v) is 2.43. The summed E-state index contributed by atoms with van der Waals surface area (Å²) in [6, 6.07) is 0. The van der Waals surface area contributed by atoms with E-state index in [-0.39, 0.29) is 5.57 Å². The molecule has 0 aromatic carbocycles. The van der Waals surface area contributed by atoms with E-state index in [4.69, 9.17) is 20.4 Å². The van der Waals surface area contributed by atoms with E-state index >= 15 is 0 Å². The van der Waals surface area contributed by atoms with Crippen LogP contribution in [0, 0.1) is 0 Å². The van der Waals surface area contributed by atoms with E-state index < -0.39 is 28.8 Å². The lowest BCUT2D eigenvalue weighted by molar-refractivity contribution is -0.117. The van der Waals surface area contributed by atoms with Gasteiger partial charge >= 0.3 is 0 Å². The summed E-state index contributed by atoms with van der Waals surface area (Å²) in [5, 5.41) is 36.2. The molecular formula is C8H8O5. The molecule has 0 spiro atoms. The molecule has 0 aliphatic heterocycles. The lowest BCUT2D eigenvalue weighted by atomic mass is 10.0. The smallest absolute Gasteiger partial charge is 0.269 e. The first-order valence-electron chi connectivity index (χ1n) is 3.46. The monoisotopic (exact) mass is 184 g/mol. The Morgan fingerprint density at radius 2 is 1.31 bits per heavy atom. The second-order valence-electron chi connectivity index (χ2n) is 2.43. The maximum atomic E-state index is 10.8. The first-order chi connectivity index (χ1) is 6.00. The number of Topliss-reactive ketones (excluding diaryl/α,β-unsaturated/α-hetero) is 1. The Morgan fingerprint density at radius 1 is 0.923 bits per heavy atom. The predicted molar refractivity (Wildman–Crippen MR) is 43.3 cm³/mol. The van der Waals surface area contributed by atoms with Crippen molar-refractivity contribution in [1.82, 2.24) is 0 Å². The highest BCUT2D eigenvalue weighted by molar-refractivity contribution is 6.07. The average Bonchev–Trinajstić information content (AvgIpc) is 2.13. The number of carbonyl (C=O) groups is 1. The molecule has 0 fully saturated rings. The van der Waals surface area contributed by atoms with E-state index in [1.807, 2.05) is 0 Å². The van der Waals surface area contributed by atoms with E-state index in [1.165, 1.54) is 13.0 Å². The molecule has 0 unspecified atom stereocenters. The van der Waals surface area contributed by atoms with Crippen molar-refractivity contribution in [2.24, 2.45) is 0 Å². The summed E-state index contributed by atoms with van der Waals surface area (Å²) >= 11 is 0. The Balaban J connectivity index is 3.38. The van der Waals surface area contributed by atoms with Crippen molar-refractivity contribution in [1.29, 1.82) is 0 Å². The molecule has 13 heavy (non-hydrogen) atoms. The SMILES string of the molecule is CC=C1C(O)=C(O)C(=O)C(O)=C1O.